The molecule has 0 aliphatic rings. The van der Waals surface area contributed by atoms with E-state index in [4.69, 9.17) is 10.5 Å². The van der Waals surface area contributed by atoms with E-state index in [0.717, 1.165) is 5.56 Å². The number of amides is 1. The molecule has 0 spiro atoms. The van der Waals surface area contributed by atoms with Gasteiger partial charge in [0.2, 0.25) is 0 Å². The lowest BCUT2D eigenvalue weighted by molar-refractivity contribution is 0.0748. The van der Waals surface area contributed by atoms with E-state index < -0.39 is 0 Å². The SMILES string of the molecule is COCc1cccc(C(=O)N(C)C(C)CN)c1.Cl. The van der Waals surface area contributed by atoms with E-state index in [-0.39, 0.29) is 24.4 Å². The molecule has 1 atom stereocenters. The quantitative estimate of drug-likeness (QED) is 0.887. The van der Waals surface area contributed by atoms with Crippen LogP contribution in [0.25, 0.3) is 0 Å². The Bertz CT molecular complexity index is 385. The second-order valence-corrected chi connectivity index (χ2v) is 4.13. The van der Waals surface area contributed by atoms with E-state index in [0.29, 0.717) is 18.7 Å². The highest BCUT2D eigenvalue weighted by Crippen LogP contribution is 2.10. The van der Waals surface area contributed by atoms with Gasteiger partial charge in [-0.3, -0.25) is 4.79 Å². The Kier molecular flexibility index (Phi) is 7.59. The van der Waals surface area contributed by atoms with Crippen molar-refractivity contribution in [2.45, 2.75) is 19.6 Å². The van der Waals surface area contributed by atoms with Crippen molar-refractivity contribution in [1.29, 1.82) is 0 Å². The van der Waals surface area contributed by atoms with Crippen molar-refractivity contribution >= 4 is 18.3 Å². The maximum atomic E-state index is 12.1. The minimum Gasteiger partial charge on any atom is -0.380 e. The number of carbonyl (C=O) groups is 1. The first-order valence-electron chi connectivity index (χ1n) is 5.65. The minimum absolute atomic E-state index is 0. The zero-order valence-electron chi connectivity index (χ0n) is 11.1. The number of rotatable bonds is 5. The average molecular weight is 273 g/mol. The fourth-order valence-electron chi connectivity index (χ4n) is 1.52. The van der Waals surface area contributed by atoms with Crippen LogP contribution >= 0.6 is 12.4 Å². The first-order valence-corrected chi connectivity index (χ1v) is 5.65. The van der Waals surface area contributed by atoms with Crippen molar-refractivity contribution in [3.05, 3.63) is 35.4 Å². The summed E-state index contributed by atoms with van der Waals surface area (Å²) in [6.07, 6.45) is 0. The second kappa shape index (κ2) is 8.08. The highest BCUT2D eigenvalue weighted by molar-refractivity contribution is 5.94. The molecule has 0 saturated carbocycles. The Hall–Kier alpha value is -1.10. The number of hydrogen-bond acceptors (Lipinski definition) is 3. The van der Waals surface area contributed by atoms with E-state index in [9.17, 15) is 4.79 Å². The maximum absolute atomic E-state index is 12.1. The van der Waals surface area contributed by atoms with Gasteiger partial charge in [0.15, 0.2) is 0 Å². The summed E-state index contributed by atoms with van der Waals surface area (Å²) < 4.78 is 5.05. The fourth-order valence-corrected chi connectivity index (χ4v) is 1.52. The van der Waals surface area contributed by atoms with E-state index in [2.05, 4.69) is 0 Å². The molecule has 1 amide bonds. The maximum Gasteiger partial charge on any atom is 0.253 e. The van der Waals surface area contributed by atoms with Crippen LogP contribution in [0.4, 0.5) is 0 Å². The lowest BCUT2D eigenvalue weighted by Gasteiger charge is -2.23. The predicted octanol–water partition coefficient (Wildman–Crippen LogP) is 1.67. The Morgan fingerprint density at radius 2 is 2.17 bits per heavy atom. The number of halogens is 1. The molecule has 0 aliphatic heterocycles. The summed E-state index contributed by atoms with van der Waals surface area (Å²) in [4.78, 5) is 13.8. The van der Waals surface area contributed by atoms with Gasteiger partial charge in [0.1, 0.15) is 0 Å². The molecule has 4 nitrogen and oxygen atoms in total. The minimum atomic E-state index is -0.0131. The van der Waals surface area contributed by atoms with Crippen molar-refractivity contribution < 1.29 is 9.53 Å². The van der Waals surface area contributed by atoms with Crippen LogP contribution in [0.5, 0.6) is 0 Å². The van der Waals surface area contributed by atoms with Gasteiger partial charge in [-0.05, 0) is 24.6 Å². The highest BCUT2D eigenvalue weighted by atomic mass is 35.5. The number of ether oxygens (including phenoxy) is 1. The smallest absolute Gasteiger partial charge is 0.253 e. The van der Waals surface area contributed by atoms with E-state index in [1.165, 1.54) is 0 Å². The number of nitrogens with zero attached hydrogens (tertiary/aromatic N) is 1. The molecule has 0 aliphatic carbocycles. The Morgan fingerprint density at radius 3 is 2.72 bits per heavy atom. The molecule has 1 rings (SSSR count). The first-order chi connectivity index (χ1) is 8.10. The summed E-state index contributed by atoms with van der Waals surface area (Å²) in [6.45, 7) is 2.90. The van der Waals surface area contributed by atoms with Crippen LogP contribution in [0.15, 0.2) is 24.3 Å². The van der Waals surface area contributed by atoms with Gasteiger partial charge >= 0.3 is 0 Å². The summed E-state index contributed by atoms with van der Waals surface area (Å²) >= 11 is 0. The van der Waals surface area contributed by atoms with Crippen LogP contribution in [0.2, 0.25) is 0 Å². The number of benzene rings is 1. The van der Waals surface area contributed by atoms with Crippen molar-refractivity contribution in [3.8, 4) is 0 Å². The molecule has 0 bridgehead atoms. The zero-order chi connectivity index (χ0) is 12.8. The molecule has 1 aromatic rings. The molecule has 0 saturated heterocycles. The third-order valence-electron chi connectivity index (χ3n) is 2.81. The zero-order valence-corrected chi connectivity index (χ0v) is 11.9. The summed E-state index contributed by atoms with van der Waals surface area (Å²) in [5.41, 5.74) is 7.21. The van der Waals surface area contributed by atoms with Gasteiger partial charge in [0.05, 0.1) is 6.61 Å². The number of hydrogen-bond donors (Lipinski definition) is 1. The molecule has 0 aromatic heterocycles. The van der Waals surface area contributed by atoms with Crippen molar-refractivity contribution in [1.82, 2.24) is 4.90 Å². The number of carbonyl (C=O) groups excluding carboxylic acids is 1. The van der Waals surface area contributed by atoms with Crippen LogP contribution < -0.4 is 5.73 Å². The summed E-state index contributed by atoms with van der Waals surface area (Å²) in [5.74, 6) is -0.0131. The Morgan fingerprint density at radius 1 is 1.50 bits per heavy atom. The molecule has 5 heteroatoms. The van der Waals surface area contributed by atoms with E-state index >= 15 is 0 Å². The van der Waals surface area contributed by atoms with Gasteiger partial charge < -0.3 is 15.4 Å². The number of likely N-dealkylation sites (N-methyl/N-ethyl adjacent to an activating group) is 1. The summed E-state index contributed by atoms with van der Waals surface area (Å²) in [6, 6.07) is 7.50. The third-order valence-corrected chi connectivity index (χ3v) is 2.81. The molecule has 0 fully saturated rings. The molecular weight excluding hydrogens is 252 g/mol. The molecule has 0 heterocycles. The van der Waals surface area contributed by atoms with Gasteiger partial charge in [0, 0.05) is 32.3 Å². The van der Waals surface area contributed by atoms with Crippen LogP contribution in [0.3, 0.4) is 0 Å². The van der Waals surface area contributed by atoms with Crippen molar-refractivity contribution in [2.24, 2.45) is 5.73 Å². The van der Waals surface area contributed by atoms with Gasteiger partial charge in [-0.15, -0.1) is 12.4 Å². The standard InChI is InChI=1S/C13H20N2O2.ClH/c1-10(8-14)15(2)13(16)12-6-4-5-11(7-12)9-17-3;/h4-7,10H,8-9,14H2,1-3H3;1H. The van der Waals surface area contributed by atoms with Crippen molar-refractivity contribution in [3.63, 3.8) is 0 Å². The van der Waals surface area contributed by atoms with Gasteiger partial charge in [-0.2, -0.15) is 0 Å². The van der Waals surface area contributed by atoms with Crippen molar-refractivity contribution in [2.75, 3.05) is 20.7 Å². The Labute approximate surface area is 115 Å². The lowest BCUT2D eigenvalue weighted by atomic mass is 10.1. The fraction of sp³-hybridized carbons (Fsp3) is 0.462. The highest BCUT2D eigenvalue weighted by Gasteiger charge is 2.16. The predicted molar refractivity (Wildman–Crippen MR) is 75.0 cm³/mol. The number of nitrogens with two attached hydrogens (primary N) is 1. The molecule has 102 valence electrons. The van der Waals surface area contributed by atoms with Crippen LogP contribution in [0.1, 0.15) is 22.8 Å². The first kappa shape index (κ1) is 16.9. The molecule has 18 heavy (non-hydrogen) atoms. The van der Waals surface area contributed by atoms with Gasteiger partial charge in [0.25, 0.3) is 5.91 Å². The summed E-state index contributed by atoms with van der Waals surface area (Å²) in [7, 11) is 3.40. The molecule has 1 aromatic carbocycles. The molecule has 1 unspecified atom stereocenters. The van der Waals surface area contributed by atoms with Crippen LogP contribution in [0, 0.1) is 0 Å². The molecule has 0 radical (unpaired) electrons. The van der Waals surface area contributed by atoms with Crippen LogP contribution in [-0.2, 0) is 11.3 Å². The Balaban J connectivity index is 0.00000289. The normalized spacial score (nSPS) is 11.6. The topological polar surface area (TPSA) is 55.6 Å². The van der Waals surface area contributed by atoms with E-state index in [1.54, 1.807) is 25.1 Å². The third kappa shape index (κ3) is 4.29. The number of methoxy groups -OCH3 is 1. The summed E-state index contributed by atoms with van der Waals surface area (Å²) in [5, 5.41) is 0. The lowest BCUT2D eigenvalue weighted by Crippen LogP contribution is -2.39. The van der Waals surface area contributed by atoms with E-state index in [1.807, 2.05) is 25.1 Å². The van der Waals surface area contributed by atoms with Gasteiger partial charge in [-0.25, -0.2) is 0 Å². The van der Waals surface area contributed by atoms with Gasteiger partial charge in [-0.1, -0.05) is 12.1 Å². The molecule has 2 N–H and O–H groups in total. The largest absolute Gasteiger partial charge is 0.380 e. The monoisotopic (exact) mass is 272 g/mol. The molecular formula is C13H21ClN2O2. The average Bonchev–Trinajstić information content (AvgIpc) is 2.36. The second-order valence-electron chi connectivity index (χ2n) is 4.13. The van der Waals surface area contributed by atoms with Crippen LogP contribution in [-0.4, -0.2) is 37.6 Å².